The minimum absolute atomic E-state index is 0.00879. The van der Waals surface area contributed by atoms with E-state index >= 15 is 0 Å². The van der Waals surface area contributed by atoms with Gasteiger partial charge in [0.1, 0.15) is 12.4 Å². The first kappa shape index (κ1) is 17.1. The van der Waals surface area contributed by atoms with E-state index in [0.29, 0.717) is 0 Å². The second-order valence-electron chi connectivity index (χ2n) is 7.04. The Kier molecular flexibility index (Phi) is 4.96. The zero-order valence-corrected chi connectivity index (χ0v) is 13.9. The lowest BCUT2D eigenvalue weighted by molar-refractivity contribution is -0.186. The van der Waals surface area contributed by atoms with Crippen LogP contribution in [0.1, 0.15) is 58.2 Å². The molecular weight excluding hydrogens is 275 g/mol. The predicted octanol–water partition coefficient (Wildman–Crippen LogP) is 3.52. The molecule has 20 heavy (non-hydrogen) atoms. The van der Waals surface area contributed by atoms with Crippen LogP contribution in [-0.2, 0) is 26.5 Å². The van der Waals surface area contributed by atoms with Gasteiger partial charge in [-0.15, -0.1) is 4.52 Å². The van der Waals surface area contributed by atoms with Crippen molar-refractivity contribution in [3.63, 3.8) is 0 Å². The number of rotatable bonds is 3. The van der Waals surface area contributed by atoms with Crippen molar-refractivity contribution >= 4 is 8.25 Å². The average Bonchev–Trinajstić information content (AvgIpc) is 2.24. The zero-order valence-electron chi connectivity index (χ0n) is 13.0. The summed E-state index contributed by atoms with van der Waals surface area (Å²) in [7, 11) is -2.87. The van der Waals surface area contributed by atoms with E-state index in [1.54, 1.807) is 0 Å². The quantitative estimate of drug-likeness (QED) is 0.867. The molecule has 0 spiro atoms. The van der Waals surface area contributed by atoms with Crippen LogP contribution in [0.15, 0.2) is 12.1 Å². The highest BCUT2D eigenvalue weighted by molar-refractivity contribution is 7.30. The third-order valence-electron chi connectivity index (χ3n) is 3.12. The number of benzene rings is 1. The fourth-order valence-corrected chi connectivity index (χ4v) is 2.30. The van der Waals surface area contributed by atoms with Gasteiger partial charge in [0.25, 0.3) is 0 Å². The number of phenols is 1. The summed E-state index contributed by atoms with van der Waals surface area (Å²) in [6.45, 7) is 12.0. The number of phenolic OH excluding ortho intramolecular Hbond substituents is 1. The van der Waals surface area contributed by atoms with E-state index in [4.69, 9.17) is 0 Å². The van der Waals surface area contributed by atoms with Crippen molar-refractivity contribution in [2.75, 3.05) is 0 Å². The van der Waals surface area contributed by atoms with Crippen LogP contribution in [0.2, 0.25) is 0 Å². The summed E-state index contributed by atoms with van der Waals surface area (Å²) >= 11 is 0. The van der Waals surface area contributed by atoms with Crippen molar-refractivity contribution in [3.05, 3.63) is 28.8 Å². The summed E-state index contributed by atoms with van der Waals surface area (Å²) in [5, 5.41) is 10.5. The molecule has 1 aromatic rings. The Labute approximate surface area is 121 Å². The molecule has 1 aromatic carbocycles. The van der Waals surface area contributed by atoms with Gasteiger partial charge in [0, 0.05) is 0 Å². The van der Waals surface area contributed by atoms with Gasteiger partial charge < -0.3 is 10.00 Å². The van der Waals surface area contributed by atoms with E-state index in [9.17, 15) is 14.6 Å². The highest BCUT2D eigenvalue weighted by Gasteiger charge is 2.26. The molecule has 1 rings (SSSR count). The summed E-state index contributed by atoms with van der Waals surface area (Å²) in [6.07, 6.45) is 0. The van der Waals surface area contributed by atoms with Crippen molar-refractivity contribution in [1.29, 1.82) is 0 Å². The van der Waals surface area contributed by atoms with Gasteiger partial charge in [-0.1, -0.05) is 41.5 Å². The normalized spacial score (nSPS) is 13.4. The van der Waals surface area contributed by atoms with Gasteiger partial charge in [-0.3, -0.25) is 0 Å². The third kappa shape index (κ3) is 4.27. The van der Waals surface area contributed by atoms with Crippen LogP contribution in [0.5, 0.6) is 5.75 Å². The van der Waals surface area contributed by atoms with E-state index in [0.717, 1.165) is 16.7 Å². The van der Waals surface area contributed by atoms with Gasteiger partial charge in [0.05, 0.1) is 0 Å². The summed E-state index contributed by atoms with van der Waals surface area (Å²) in [6, 6.07) is 3.62. The van der Waals surface area contributed by atoms with Crippen LogP contribution >= 0.6 is 8.25 Å². The van der Waals surface area contributed by atoms with Crippen molar-refractivity contribution in [2.45, 2.75) is 59.0 Å². The van der Waals surface area contributed by atoms with E-state index in [-0.39, 0.29) is 23.2 Å². The lowest BCUT2D eigenvalue weighted by Crippen LogP contribution is -2.18. The maximum absolute atomic E-state index is 10.6. The Morgan fingerprint density at radius 1 is 1.10 bits per heavy atom. The zero-order chi connectivity index (χ0) is 15.7. The van der Waals surface area contributed by atoms with Crippen LogP contribution in [-0.4, -0.2) is 5.11 Å². The largest absolute Gasteiger partial charge is 0.566 e. The van der Waals surface area contributed by atoms with Crippen molar-refractivity contribution in [3.8, 4) is 5.75 Å². The summed E-state index contributed by atoms with van der Waals surface area (Å²) < 4.78 is 15.2. The molecule has 1 atom stereocenters. The Bertz CT molecular complexity index is 475. The van der Waals surface area contributed by atoms with E-state index in [2.05, 4.69) is 4.52 Å². The molecule has 4 nitrogen and oxygen atoms in total. The highest BCUT2D eigenvalue weighted by Crippen LogP contribution is 2.40. The molecule has 112 valence electrons. The first-order valence-electron chi connectivity index (χ1n) is 6.57. The van der Waals surface area contributed by atoms with Crippen molar-refractivity contribution < 1.29 is 19.1 Å². The number of aromatic hydroxyl groups is 1. The van der Waals surface area contributed by atoms with E-state index < -0.39 is 8.25 Å². The Hall–Kier alpha value is -0.960. The minimum atomic E-state index is -2.87. The molecule has 5 heteroatoms. The van der Waals surface area contributed by atoms with E-state index in [1.165, 1.54) is 0 Å². The molecule has 1 unspecified atom stereocenters. The fourth-order valence-electron chi connectivity index (χ4n) is 2.05. The van der Waals surface area contributed by atoms with Crippen LogP contribution in [0.25, 0.3) is 0 Å². The second kappa shape index (κ2) is 5.80. The molecule has 0 saturated heterocycles. The molecule has 0 aliphatic heterocycles. The average molecular weight is 298 g/mol. The summed E-state index contributed by atoms with van der Waals surface area (Å²) in [5.74, 6) is 0.278. The molecule has 0 aliphatic carbocycles. The van der Waals surface area contributed by atoms with Crippen LogP contribution in [0.3, 0.4) is 0 Å². The summed E-state index contributed by atoms with van der Waals surface area (Å²) in [4.78, 5) is 10.6. The molecule has 0 aliphatic rings. The van der Waals surface area contributed by atoms with Crippen LogP contribution in [0.4, 0.5) is 0 Å². The van der Waals surface area contributed by atoms with Crippen LogP contribution < -0.4 is 4.89 Å². The predicted molar refractivity (Wildman–Crippen MR) is 77.9 cm³/mol. The molecule has 0 bridgehead atoms. The van der Waals surface area contributed by atoms with E-state index in [1.807, 2.05) is 53.7 Å². The van der Waals surface area contributed by atoms with Crippen molar-refractivity contribution in [1.82, 2.24) is 0 Å². The van der Waals surface area contributed by atoms with Crippen LogP contribution in [0, 0.1) is 0 Å². The smallest absolute Gasteiger partial charge is 0.488 e. The fraction of sp³-hybridized carbons (Fsp3) is 0.600. The number of hydrogen-bond donors (Lipinski definition) is 1. The lowest BCUT2D eigenvalue weighted by atomic mass is 9.78. The molecular formula is C15H23O4P. The maximum atomic E-state index is 10.6. The standard InChI is InChI=1S/C15H23O4P/c1-14(2,3)11-7-10(9-19-20(17)18)8-12(13(11)16)15(4,5)6/h7-8,16H,9H2,1-6H3. The van der Waals surface area contributed by atoms with Gasteiger partial charge in [-0.25, -0.2) is 0 Å². The van der Waals surface area contributed by atoms with Gasteiger partial charge >= 0.3 is 8.25 Å². The molecule has 0 aromatic heterocycles. The molecule has 0 heterocycles. The molecule has 0 saturated carbocycles. The van der Waals surface area contributed by atoms with Gasteiger partial charge in [-0.2, -0.15) is 0 Å². The first-order chi connectivity index (χ1) is 8.93. The molecule has 0 radical (unpaired) electrons. The Morgan fingerprint density at radius 3 is 1.80 bits per heavy atom. The molecule has 0 amide bonds. The topological polar surface area (TPSA) is 69.6 Å². The highest BCUT2D eigenvalue weighted by atomic mass is 31.1. The molecule has 0 fully saturated rings. The molecule has 1 N–H and O–H groups in total. The van der Waals surface area contributed by atoms with Gasteiger partial charge in [-0.05, 0) is 44.2 Å². The third-order valence-corrected chi connectivity index (χ3v) is 3.46. The first-order valence-corrected chi connectivity index (χ1v) is 7.66. The van der Waals surface area contributed by atoms with Gasteiger partial charge in [0.15, 0.2) is 0 Å². The summed E-state index contributed by atoms with van der Waals surface area (Å²) in [5.41, 5.74) is 1.87. The Morgan fingerprint density at radius 2 is 1.50 bits per heavy atom. The Balaban J connectivity index is 3.38. The number of hydrogen-bond acceptors (Lipinski definition) is 4. The maximum Gasteiger partial charge on any atom is 0.488 e. The second-order valence-corrected chi connectivity index (χ2v) is 7.74. The van der Waals surface area contributed by atoms with Crippen molar-refractivity contribution in [2.24, 2.45) is 0 Å². The lowest BCUT2D eigenvalue weighted by Gasteiger charge is -2.28. The SMILES string of the molecule is CC(C)(C)c1cc(CO[P+](=O)[O-])cc(C(C)(C)C)c1O. The monoisotopic (exact) mass is 298 g/mol. The minimum Gasteiger partial charge on any atom is -0.566 e. The van der Waals surface area contributed by atoms with Gasteiger partial charge in [0.2, 0.25) is 0 Å².